The Labute approximate surface area is 122 Å². The minimum absolute atomic E-state index is 0.0970. The summed E-state index contributed by atoms with van der Waals surface area (Å²) in [5.74, 6) is 0. The zero-order valence-corrected chi connectivity index (χ0v) is 12.6. The first-order valence-electron chi connectivity index (χ1n) is 7.16. The van der Waals surface area contributed by atoms with Crippen molar-refractivity contribution >= 4 is 5.69 Å². The number of nitrogens with zero attached hydrogens (tertiary/aromatic N) is 1. The highest BCUT2D eigenvalue weighted by atomic mass is 15.1. The molecule has 0 bridgehead atoms. The number of benzene rings is 2. The van der Waals surface area contributed by atoms with Gasteiger partial charge in [0.25, 0.3) is 0 Å². The highest BCUT2D eigenvalue weighted by Crippen LogP contribution is 2.19. The Bertz CT molecular complexity index is 528. The summed E-state index contributed by atoms with van der Waals surface area (Å²) in [6, 6.07) is 17.1. The fraction of sp³-hybridized carbons (Fsp3) is 0.333. The molecule has 1 atom stereocenters. The summed E-state index contributed by atoms with van der Waals surface area (Å²) in [7, 11) is 2.11. The Morgan fingerprint density at radius 3 is 2.20 bits per heavy atom. The molecule has 2 aromatic rings. The maximum Gasteiger partial charge on any atom is 0.0363 e. The number of nitrogens with two attached hydrogens (primary N) is 1. The van der Waals surface area contributed by atoms with Crippen LogP contribution in [0.3, 0.4) is 0 Å². The van der Waals surface area contributed by atoms with E-state index in [1.165, 1.54) is 22.4 Å². The normalized spacial score (nSPS) is 12.2. The van der Waals surface area contributed by atoms with E-state index in [0.717, 1.165) is 13.0 Å². The number of aryl methyl sites for hydroxylation is 2. The molecule has 0 spiro atoms. The van der Waals surface area contributed by atoms with Crippen LogP contribution in [0.1, 0.15) is 29.2 Å². The van der Waals surface area contributed by atoms with Gasteiger partial charge in [0, 0.05) is 25.3 Å². The molecular weight excluding hydrogens is 244 g/mol. The van der Waals surface area contributed by atoms with Crippen molar-refractivity contribution in [2.24, 2.45) is 5.73 Å². The third kappa shape index (κ3) is 3.84. The van der Waals surface area contributed by atoms with E-state index in [9.17, 15) is 0 Å². The topological polar surface area (TPSA) is 29.3 Å². The van der Waals surface area contributed by atoms with Gasteiger partial charge in [0.2, 0.25) is 0 Å². The van der Waals surface area contributed by atoms with Crippen LogP contribution in [0.5, 0.6) is 0 Å². The monoisotopic (exact) mass is 268 g/mol. The van der Waals surface area contributed by atoms with Gasteiger partial charge in [-0.15, -0.1) is 0 Å². The van der Waals surface area contributed by atoms with E-state index in [1.54, 1.807) is 0 Å². The second kappa shape index (κ2) is 6.58. The minimum Gasteiger partial charge on any atom is -0.375 e. The number of para-hydroxylation sites is 1. The summed E-state index contributed by atoms with van der Waals surface area (Å²) < 4.78 is 0. The molecule has 20 heavy (non-hydrogen) atoms. The molecule has 0 saturated heterocycles. The van der Waals surface area contributed by atoms with Crippen LogP contribution in [0, 0.1) is 13.8 Å². The quantitative estimate of drug-likeness (QED) is 0.893. The molecule has 0 fully saturated rings. The lowest BCUT2D eigenvalue weighted by molar-refractivity contribution is 0.645. The molecule has 2 rings (SSSR count). The molecule has 0 aliphatic carbocycles. The first kappa shape index (κ1) is 14.6. The largest absolute Gasteiger partial charge is 0.375 e. The molecule has 0 heterocycles. The fourth-order valence-corrected chi connectivity index (χ4v) is 2.53. The Morgan fingerprint density at radius 1 is 1.00 bits per heavy atom. The van der Waals surface area contributed by atoms with E-state index < -0.39 is 0 Å². The predicted octanol–water partition coefficient (Wildman–Crippen LogP) is 3.83. The number of hydrogen-bond donors (Lipinski definition) is 1. The molecule has 2 N–H and O–H groups in total. The summed E-state index contributed by atoms with van der Waals surface area (Å²) in [6.07, 6.45) is 0.953. The van der Waals surface area contributed by atoms with E-state index in [0.29, 0.717) is 0 Å². The fourth-order valence-electron chi connectivity index (χ4n) is 2.53. The van der Waals surface area contributed by atoms with Crippen molar-refractivity contribution in [3.8, 4) is 0 Å². The zero-order chi connectivity index (χ0) is 14.5. The Kier molecular flexibility index (Phi) is 4.80. The van der Waals surface area contributed by atoms with E-state index in [4.69, 9.17) is 5.73 Å². The number of rotatable bonds is 5. The summed E-state index contributed by atoms with van der Waals surface area (Å²) in [4.78, 5) is 2.25. The van der Waals surface area contributed by atoms with E-state index in [1.807, 2.05) is 6.07 Å². The molecule has 0 aromatic heterocycles. The number of hydrogen-bond acceptors (Lipinski definition) is 2. The van der Waals surface area contributed by atoms with Crippen LogP contribution in [-0.4, -0.2) is 13.6 Å². The van der Waals surface area contributed by atoms with Crippen LogP contribution >= 0.6 is 0 Å². The third-order valence-electron chi connectivity index (χ3n) is 3.64. The van der Waals surface area contributed by atoms with E-state index >= 15 is 0 Å². The van der Waals surface area contributed by atoms with Crippen molar-refractivity contribution in [1.82, 2.24) is 0 Å². The SMILES string of the molecule is Cc1cc(C)cc(C(N)CCN(C)c2ccccc2)c1. The van der Waals surface area contributed by atoms with Gasteiger partial charge in [0.15, 0.2) is 0 Å². The molecule has 106 valence electrons. The van der Waals surface area contributed by atoms with Crippen LogP contribution in [0.2, 0.25) is 0 Å². The molecule has 1 unspecified atom stereocenters. The Hall–Kier alpha value is -1.80. The van der Waals surface area contributed by atoms with Crippen molar-refractivity contribution in [2.75, 3.05) is 18.5 Å². The zero-order valence-electron chi connectivity index (χ0n) is 12.6. The molecular formula is C18H24N2. The van der Waals surface area contributed by atoms with Gasteiger partial charge in [-0.05, 0) is 38.0 Å². The molecule has 0 aliphatic heterocycles. The molecule has 0 amide bonds. The van der Waals surface area contributed by atoms with Crippen LogP contribution in [0.25, 0.3) is 0 Å². The van der Waals surface area contributed by atoms with Crippen LogP contribution in [-0.2, 0) is 0 Å². The highest BCUT2D eigenvalue weighted by Gasteiger charge is 2.09. The average Bonchev–Trinajstić information content (AvgIpc) is 2.44. The van der Waals surface area contributed by atoms with E-state index in [2.05, 4.69) is 68.3 Å². The van der Waals surface area contributed by atoms with Crippen molar-refractivity contribution in [1.29, 1.82) is 0 Å². The average molecular weight is 268 g/mol. The molecule has 2 nitrogen and oxygen atoms in total. The van der Waals surface area contributed by atoms with Crippen molar-refractivity contribution in [3.63, 3.8) is 0 Å². The van der Waals surface area contributed by atoms with Crippen molar-refractivity contribution in [2.45, 2.75) is 26.3 Å². The van der Waals surface area contributed by atoms with Gasteiger partial charge in [-0.3, -0.25) is 0 Å². The van der Waals surface area contributed by atoms with Gasteiger partial charge in [0.1, 0.15) is 0 Å². The van der Waals surface area contributed by atoms with Gasteiger partial charge in [-0.2, -0.15) is 0 Å². The summed E-state index contributed by atoms with van der Waals surface area (Å²) in [5.41, 5.74) is 11.4. The van der Waals surface area contributed by atoms with Gasteiger partial charge < -0.3 is 10.6 Å². The smallest absolute Gasteiger partial charge is 0.0363 e. The minimum atomic E-state index is 0.0970. The molecule has 0 radical (unpaired) electrons. The summed E-state index contributed by atoms with van der Waals surface area (Å²) in [5, 5.41) is 0. The third-order valence-corrected chi connectivity index (χ3v) is 3.64. The second-order valence-corrected chi connectivity index (χ2v) is 5.57. The van der Waals surface area contributed by atoms with Crippen LogP contribution in [0.4, 0.5) is 5.69 Å². The Morgan fingerprint density at radius 2 is 1.60 bits per heavy atom. The number of anilines is 1. The highest BCUT2D eigenvalue weighted by molar-refractivity contribution is 5.45. The lowest BCUT2D eigenvalue weighted by atomic mass is 9.99. The maximum atomic E-state index is 6.33. The van der Waals surface area contributed by atoms with Gasteiger partial charge in [0.05, 0.1) is 0 Å². The summed E-state index contributed by atoms with van der Waals surface area (Å²) in [6.45, 7) is 5.21. The van der Waals surface area contributed by atoms with Gasteiger partial charge in [-0.25, -0.2) is 0 Å². The molecule has 0 saturated carbocycles. The Balaban J connectivity index is 1.96. The lowest BCUT2D eigenvalue weighted by Crippen LogP contribution is -2.23. The van der Waals surface area contributed by atoms with Gasteiger partial charge in [-0.1, -0.05) is 47.5 Å². The first-order chi connectivity index (χ1) is 9.56. The predicted molar refractivity (Wildman–Crippen MR) is 87.2 cm³/mol. The maximum absolute atomic E-state index is 6.33. The van der Waals surface area contributed by atoms with E-state index in [-0.39, 0.29) is 6.04 Å². The second-order valence-electron chi connectivity index (χ2n) is 5.57. The van der Waals surface area contributed by atoms with Gasteiger partial charge >= 0.3 is 0 Å². The summed E-state index contributed by atoms with van der Waals surface area (Å²) >= 11 is 0. The first-order valence-corrected chi connectivity index (χ1v) is 7.16. The molecule has 2 aromatic carbocycles. The molecule has 0 aliphatic rings. The lowest BCUT2D eigenvalue weighted by Gasteiger charge is -2.22. The van der Waals surface area contributed by atoms with Crippen LogP contribution < -0.4 is 10.6 Å². The van der Waals surface area contributed by atoms with Crippen molar-refractivity contribution < 1.29 is 0 Å². The van der Waals surface area contributed by atoms with Crippen molar-refractivity contribution in [3.05, 3.63) is 65.2 Å². The standard InChI is InChI=1S/C18H24N2/c1-14-11-15(2)13-16(12-14)18(19)9-10-20(3)17-7-5-4-6-8-17/h4-8,11-13,18H,9-10,19H2,1-3H3. The van der Waals surface area contributed by atoms with Crippen LogP contribution in [0.15, 0.2) is 48.5 Å². The molecule has 2 heteroatoms.